The molecule has 186 valence electrons. The van der Waals surface area contributed by atoms with Gasteiger partial charge < -0.3 is 15.4 Å². The molecule has 4 aromatic rings. The van der Waals surface area contributed by atoms with E-state index < -0.39 is 23.7 Å². The van der Waals surface area contributed by atoms with Gasteiger partial charge in [0.2, 0.25) is 5.88 Å². The summed E-state index contributed by atoms with van der Waals surface area (Å²) in [7, 11) is 2.85. The first-order chi connectivity index (χ1) is 17.1. The fraction of sp³-hybridized carbons (Fsp3) is 0.200. The summed E-state index contributed by atoms with van der Waals surface area (Å²) in [5, 5.41) is 12.6. The molecule has 2 aromatic carbocycles. The van der Waals surface area contributed by atoms with Crippen molar-refractivity contribution in [2.75, 3.05) is 14.2 Å². The minimum atomic E-state index is -4.56. The van der Waals surface area contributed by atoms with Gasteiger partial charge in [0.1, 0.15) is 5.56 Å². The van der Waals surface area contributed by atoms with Crippen LogP contribution in [0.5, 0.6) is 5.88 Å². The molecule has 11 heteroatoms. The maximum absolute atomic E-state index is 13.4. The normalized spacial score (nSPS) is 12.3. The van der Waals surface area contributed by atoms with Gasteiger partial charge in [-0.1, -0.05) is 24.3 Å². The second-order valence-electron chi connectivity index (χ2n) is 7.97. The largest absolute Gasteiger partial charge is 0.480 e. The Morgan fingerprint density at radius 2 is 1.81 bits per heavy atom. The summed E-state index contributed by atoms with van der Waals surface area (Å²) >= 11 is 0. The molecule has 0 aliphatic heterocycles. The molecule has 0 spiro atoms. The van der Waals surface area contributed by atoms with Crippen LogP contribution in [-0.4, -0.2) is 41.2 Å². The van der Waals surface area contributed by atoms with Crippen molar-refractivity contribution >= 4 is 22.7 Å². The van der Waals surface area contributed by atoms with Crippen LogP contribution in [0.25, 0.3) is 22.0 Å². The summed E-state index contributed by atoms with van der Waals surface area (Å²) in [6, 6.07) is 10.9. The number of aromatic amines is 1. The number of fused-ring (bicyclic) bond motifs is 1. The summed E-state index contributed by atoms with van der Waals surface area (Å²) in [6.07, 6.45) is -3.05. The average molecular weight is 497 g/mol. The van der Waals surface area contributed by atoms with Crippen molar-refractivity contribution in [2.45, 2.75) is 19.1 Å². The number of methoxy groups -OCH3 is 1. The number of nitrogens with zero attached hydrogens (tertiary/aromatic N) is 2. The highest BCUT2D eigenvalue weighted by molar-refractivity contribution is 6.05. The highest BCUT2D eigenvalue weighted by atomic mass is 19.4. The quantitative estimate of drug-likeness (QED) is 0.363. The Morgan fingerprint density at radius 1 is 1.06 bits per heavy atom. The van der Waals surface area contributed by atoms with Gasteiger partial charge in [-0.05, 0) is 42.3 Å². The van der Waals surface area contributed by atoms with E-state index in [1.165, 1.54) is 45.5 Å². The van der Waals surface area contributed by atoms with Gasteiger partial charge in [0.05, 0.1) is 24.2 Å². The Bertz CT molecular complexity index is 1450. The van der Waals surface area contributed by atoms with Crippen molar-refractivity contribution in [3.8, 4) is 17.0 Å². The molecule has 2 amide bonds. The highest BCUT2D eigenvalue weighted by Crippen LogP contribution is 2.35. The van der Waals surface area contributed by atoms with Gasteiger partial charge in [-0.25, -0.2) is 4.98 Å². The summed E-state index contributed by atoms with van der Waals surface area (Å²) in [5.74, 6) is -0.951. The van der Waals surface area contributed by atoms with Crippen molar-refractivity contribution in [1.29, 1.82) is 0 Å². The Morgan fingerprint density at radius 3 is 2.50 bits per heavy atom. The second-order valence-corrected chi connectivity index (χ2v) is 7.97. The topological polar surface area (TPSA) is 109 Å². The van der Waals surface area contributed by atoms with Crippen molar-refractivity contribution in [3.63, 3.8) is 0 Å². The molecule has 36 heavy (non-hydrogen) atoms. The van der Waals surface area contributed by atoms with E-state index in [1.54, 1.807) is 24.3 Å². The maximum Gasteiger partial charge on any atom is 0.416 e. The molecule has 0 radical (unpaired) electrons. The van der Waals surface area contributed by atoms with E-state index in [0.29, 0.717) is 22.0 Å². The Balaban J connectivity index is 1.66. The number of carbonyl (C=O) groups excluding carboxylic acids is 2. The van der Waals surface area contributed by atoms with Crippen molar-refractivity contribution in [2.24, 2.45) is 0 Å². The van der Waals surface area contributed by atoms with Crippen LogP contribution in [0.3, 0.4) is 0 Å². The van der Waals surface area contributed by atoms with Crippen LogP contribution in [0.4, 0.5) is 13.2 Å². The number of hydrogen-bond donors (Lipinski definition) is 3. The molecule has 0 aliphatic carbocycles. The number of halogens is 3. The lowest BCUT2D eigenvalue weighted by Gasteiger charge is -2.20. The third-order valence-electron chi connectivity index (χ3n) is 5.71. The number of H-pyrrole nitrogens is 1. The fourth-order valence-corrected chi connectivity index (χ4v) is 3.91. The molecule has 8 nitrogen and oxygen atoms in total. The maximum atomic E-state index is 13.4. The van der Waals surface area contributed by atoms with Gasteiger partial charge in [-0.15, -0.1) is 0 Å². The first kappa shape index (κ1) is 24.7. The third-order valence-corrected chi connectivity index (χ3v) is 5.71. The Labute approximate surface area is 203 Å². The van der Waals surface area contributed by atoms with Crippen molar-refractivity contribution in [3.05, 3.63) is 77.1 Å². The van der Waals surface area contributed by atoms with Crippen LogP contribution in [0.15, 0.2) is 54.7 Å². The zero-order chi connectivity index (χ0) is 26.0. The zero-order valence-corrected chi connectivity index (χ0v) is 19.5. The van der Waals surface area contributed by atoms with Gasteiger partial charge in [-0.3, -0.25) is 14.7 Å². The second kappa shape index (κ2) is 9.68. The monoisotopic (exact) mass is 497 g/mol. The molecular weight excluding hydrogens is 475 g/mol. The predicted molar refractivity (Wildman–Crippen MR) is 127 cm³/mol. The number of amides is 2. The number of aromatic nitrogens is 3. The van der Waals surface area contributed by atoms with Gasteiger partial charge in [0.15, 0.2) is 5.69 Å². The summed E-state index contributed by atoms with van der Waals surface area (Å²) < 4.78 is 45.5. The fourth-order valence-electron chi connectivity index (χ4n) is 3.91. The molecule has 0 saturated heterocycles. The number of ether oxygens (including phenoxy) is 1. The van der Waals surface area contributed by atoms with E-state index in [-0.39, 0.29) is 28.6 Å². The first-order valence-electron chi connectivity index (χ1n) is 10.9. The van der Waals surface area contributed by atoms with Crippen LogP contribution in [0.1, 0.15) is 44.9 Å². The van der Waals surface area contributed by atoms with E-state index in [4.69, 9.17) is 4.74 Å². The molecule has 2 heterocycles. The lowest BCUT2D eigenvalue weighted by atomic mass is 10.00. The summed E-state index contributed by atoms with van der Waals surface area (Å²) in [6.45, 7) is 1.47. The number of benzene rings is 2. The van der Waals surface area contributed by atoms with Gasteiger partial charge in [-0.2, -0.15) is 18.3 Å². The van der Waals surface area contributed by atoms with E-state index in [0.717, 1.165) is 6.07 Å². The van der Waals surface area contributed by atoms with Crippen LogP contribution >= 0.6 is 0 Å². The summed E-state index contributed by atoms with van der Waals surface area (Å²) in [4.78, 5) is 29.3. The lowest BCUT2D eigenvalue weighted by Crippen LogP contribution is -2.29. The van der Waals surface area contributed by atoms with Crippen LogP contribution in [-0.2, 0) is 6.18 Å². The van der Waals surface area contributed by atoms with Crippen molar-refractivity contribution in [1.82, 2.24) is 25.8 Å². The van der Waals surface area contributed by atoms with E-state index in [2.05, 4.69) is 25.8 Å². The van der Waals surface area contributed by atoms with E-state index in [9.17, 15) is 22.8 Å². The van der Waals surface area contributed by atoms with E-state index >= 15 is 0 Å². The molecule has 0 saturated carbocycles. The zero-order valence-electron chi connectivity index (χ0n) is 19.5. The van der Waals surface area contributed by atoms with Crippen LogP contribution in [0.2, 0.25) is 0 Å². The molecule has 2 aromatic heterocycles. The first-order valence-corrected chi connectivity index (χ1v) is 10.9. The molecular formula is C25H22F3N5O3. The molecule has 1 atom stereocenters. The van der Waals surface area contributed by atoms with Gasteiger partial charge in [0, 0.05) is 24.2 Å². The number of hydrogen-bond acceptors (Lipinski definition) is 5. The van der Waals surface area contributed by atoms with Crippen LogP contribution < -0.4 is 15.4 Å². The molecule has 1 unspecified atom stereocenters. The van der Waals surface area contributed by atoms with Crippen molar-refractivity contribution < 1.29 is 27.5 Å². The molecule has 4 rings (SSSR count). The van der Waals surface area contributed by atoms with E-state index in [1.807, 2.05) is 0 Å². The molecule has 0 fully saturated rings. The smallest absolute Gasteiger partial charge is 0.416 e. The number of alkyl halides is 3. The van der Waals surface area contributed by atoms with Gasteiger partial charge in [0.25, 0.3) is 11.8 Å². The Kier molecular flexibility index (Phi) is 6.65. The number of rotatable bonds is 6. The predicted octanol–water partition coefficient (Wildman–Crippen LogP) is 4.50. The Hall–Kier alpha value is -4.41. The number of nitrogens with one attached hydrogen (secondary N) is 3. The molecule has 0 bridgehead atoms. The minimum absolute atomic E-state index is 0.0251. The lowest BCUT2D eigenvalue weighted by molar-refractivity contribution is -0.138. The van der Waals surface area contributed by atoms with Gasteiger partial charge >= 0.3 is 6.18 Å². The molecule has 3 N–H and O–H groups in total. The minimum Gasteiger partial charge on any atom is -0.480 e. The number of pyridine rings is 1. The number of carbonyl (C=O) groups is 2. The third kappa shape index (κ3) is 4.72. The molecule has 0 aliphatic rings. The standard InChI is InChI=1S/C25H22F3N5O3/c1-13(16-6-4-5-7-19(16)25(26,27)28)31-22(34)18-10-15(12-30-24(18)36-3)14-8-9-17-20(11-14)32-33-21(17)23(35)29-2/h4-13H,1-3H3,(H,29,35)(H,31,34)(H,32,33). The average Bonchev–Trinajstić information content (AvgIpc) is 3.30. The summed E-state index contributed by atoms with van der Waals surface area (Å²) in [5.41, 5.74) is 1.27. The highest BCUT2D eigenvalue weighted by Gasteiger charge is 2.34. The SMILES string of the molecule is CNC(=O)c1n[nH]c2cc(-c3cnc(OC)c(C(=O)NC(C)c4ccccc4C(F)(F)F)c3)ccc12. The van der Waals surface area contributed by atoms with Crippen LogP contribution in [0, 0.1) is 0 Å².